The SMILES string of the molecule is COc1ccc(C2=C(N3CCCC3)C(=O)N(CCc3c[nH]c4ccccc34)C2=O)cc1. The number of methoxy groups -OCH3 is 1. The lowest BCUT2D eigenvalue weighted by atomic mass is 10.0. The Morgan fingerprint density at radius 2 is 1.71 bits per heavy atom. The van der Waals surface area contributed by atoms with E-state index in [1.165, 1.54) is 4.90 Å². The van der Waals surface area contributed by atoms with E-state index in [4.69, 9.17) is 4.74 Å². The van der Waals surface area contributed by atoms with Crippen LogP contribution in [0.4, 0.5) is 0 Å². The van der Waals surface area contributed by atoms with Gasteiger partial charge in [0, 0.05) is 36.7 Å². The fourth-order valence-corrected chi connectivity index (χ4v) is 4.59. The Morgan fingerprint density at radius 3 is 2.45 bits per heavy atom. The van der Waals surface area contributed by atoms with E-state index in [1.54, 1.807) is 7.11 Å². The number of hydrogen-bond acceptors (Lipinski definition) is 4. The Morgan fingerprint density at radius 1 is 0.968 bits per heavy atom. The first-order valence-corrected chi connectivity index (χ1v) is 10.7. The highest BCUT2D eigenvalue weighted by Crippen LogP contribution is 2.34. The zero-order valence-corrected chi connectivity index (χ0v) is 17.6. The highest BCUT2D eigenvalue weighted by molar-refractivity contribution is 6.35. The number of fused-ring (bicyclic) bond motifs is 1. The zero-order valence-electron chi connectivity index (χ0n) is 17.6. The Hall–Kier alpha value is -3.54. The van der Waals surface area contributed by atoms with Gasteiger partial charge in [0.2, 0.25) is 0 Å². The van der Waals surface area contributed by atoms with Gasteiger partial charge in [-0.2, -0.15) is 0 Å². The molecule has 0 aliphatic carbocycles. The molecule has 0 bridgehead atoms. The number of aromatic amines is 1. The highest BCUT2D eigenvalue weighted by Gasteiger charge is 2.41. The molecule has 0 spiro atoms. The Bertz CT molecular complexity index is 1170. The molecule has 2 amide bonds. The molecule has 3 heterocycles. The number of amides is 2. The molecule has 2 aliphatic heterocycles. The van der Waals surface area contributed by atoms with Crippen molar-refractivity contribution in [1.82, 2.24) is 14.8 Å². The Labute approximate surface area is 181 Å². The summed E-state index contributed by atoms with van der Waals surface area (Å²) in [4.78, 5) is 33.6. The molecule has 0 radical (unpaired) electrons. The third-order valence-electron chi connectivity index (χ3n) is 6.22. The largest absolute Gasteiger partial charge is 0.497 e. The maximum absolute atomic E-state index is 13.4. The Balaban J connectivity index is 1.45. The lowest BCUT2D eigenvalue weighted by molar-refractivity contribution is -0.137. The number of nitrogens with one attached hydrogen (secondary N) is 1. The van der Waals surface area contributed by atoms with Crippen LogP contribution in [-0.4, -0.2) is 53.3 Å². The van der Waals surface area contributed by atoms with Gasteiger partial charge in [0.1, 0.15) is 11.4 Å². The molecule has 1 aromatic heterocycles. The monoisotopic (exact) mass is 415 g/mol. The molecule has 3 aromatic rings. The summed E-state index contributed by atoms with van der Waals surface area (Å²) in [5, 5.41) is 1.13. The molecular formula is C25H25N3O3. The second kappa shape index (κ2) is 7.95. The lowest BCUT2D eigenvalue weighted by Crippen LogP contribution is -2.36. The summed E-state index contributed by atoms with van der Waals surface area (Å²) in [7, 11) is 1.61. The van der Waals surface area contributed by atoms with Crippen LogP contribution >= 0.6 is 0 Å². The van der Waals surface area contributed by atoms with Crippen molar-refractivity contribution in [2.45, 2.75) is 19.3 Å². The van der Waals surface area contributed by atoms with E-state index in [0.29, 0.717) is 24.2 Å². The summed E-state index contributed by atoms with van der Waals surface area (Å²) in [5.41, 5.74) is 3.99. The van der Waals surface area contributed by atoms with E-state index < -0.39 is 0 Å². The molecule has 31 heavy (non-hydrogen) atoms. The van der Waals surface area contributed by atoms with Crippen molar-refractivity contribution < 1.29 is 14.3 Å². The molecule has 1 N–H and O–H groups in total. The molecule has 0 atom stereocenters. The standard InChI is InChI=1S/C25H25N3O3/c1-31-19-10-8-17(9-11-19)22-23(27-13-4-5-14-27)25(30)28(24(22)29)15-12-18-16-26-21-7-3-2-6-20(18)21/h2-3,6-11,16,26H,4-5,12-15H2,1H3. The number of benzene rings is 2. The summed E-state index contributed by atoms with van der Waals surface area (Å²) in [6, 6.07) is 15.5. The second-order valence-electron chi connectivity index (χ2n) is 8.02. The summed E-state index contributed by atoms with van der Waals surface area (Å²) < 4.78 is 5.25. The van der Waals surface area contributed by atoms with E-state index in [-0.39, 0.29) is 11.8 Å². The van der Waals surface area contributed by atoms with Crippen LogP contribution in [0.25, 0.3) is 16.5 Å². The minimum atomic E-state index is -0.211. The lowest BCUT2D eigenvalue weighted by Gasteiger charge is -2.20. The van der Waals surface area contributed by atoms with Crippen LogP contribution in [-0.2, 0) is 16.0 Å². The van der Waals surface area contributed by atoms with E-state index in [2.05, 4.69) is 16.0 Å². The van der Waals surface area contributed by atoms with Crippen LogP contribution in [0.5, 0.6) is 5.75 Å². The summed E-state index contributed by atoms with van der Waals surface area (Å²) in [6.45, 7) is 1.98. The number of ether oxygens (including phenoxy) is 1. The molecule has 2 aliphatic rings. The minimum Gasteiger partial charge on any atom is -0.497 e. The van der Waals surface area contributed by atoms with Crippen molar-refractivity contribution in [2.75, 3.05) is 26.7 Å². The van der Waals surface area contributed by atoms with Crippen molar-refractivity contribution in [3.63, 3.8) is 0 Å². The van der Waals surface area contributed by atoms with Crippen LogP contribution in [0.3, 0.4) is 0 Å². The molecule has 6 heteroatoms. The summed E-state index contributed by atoms with van der Waals surface area (Å²) >= 11 is 0. The van der Waals surface area contributed by atoms with Gasteiger partial charge in [-0.25, -0.2) is 0 Å². The van der Waals surface area contributed by atoms with Gasteiger partial charge < -0.3 is 14.6 Å². The number of nitrogens with zero attached hydrogens (tertiary/aromatic N) is 2. The zero-order chi connectivity index (χ0) is 21.4. The average Bonchev–Trinajstić information content (AvgIpc) is 3.52. The molecule has 2 aromatic carbocycles. The van der Waals surface area contributed by atoms with Crippen LogP contribution in [0.1, 0.15) is 24.0 Å². The van der Waals surface area contributed by atoms with E-state index in [9.17, 15) is 9.59 Å². The fraction of sp³-hybridized carbons (Fsp3) is 0.280. The van der Waals surface area contributed by atoms with Crippen molar-refractivity contribution in [3.8, 4) is 5.75 Å². The average molecular weight is 415 g/mol. The smallest absolute Gasteiger partial charge is 0.277 e. The minimum absolute atomic E-state index is 0.183. The van der Waals surface area contributed by atoms with Crippen LogP contribution in [0.15, 0.2) is 60.4 Å². The van der Waals surface area contributed by atoms with Crippen molar-refractivity contribution >= 4 is 28.3 Å². The maximum Gasteiger partial charge on any atom is 0.277 e. The molecule has 5 rings (SSSR count). The third kappa shape index (κ3) is 3.38. The maximum atomic E-state index is 13.4. The molecule has 1 saturated heterocycles. The van der Waals surface area contributed by atoms with Crippen molar-refractivity contribution in [1.29, 1.82) is 0 Å². The number of carbonyl (C=O) groups is 2. The van der Waals surface area contributed by atoms with E-state index in [0.717, 1.165) is 53.7 Å². The topological polar surface area (TPSA) is 65.6 Å². The number of carbonyl (C=O) groups excluding carboxylic acids is 2. The second-order valence-corrected chi connectivity index (χ2v) is 8.02. The number of H-pyrrole nitrogens is 1. The van der Waals surface area contributed by atoms with E-state index >= 15 is 0 Å². The van der Waals surface area contributed by atoms with Gasteiger partial charge in [-0.3, -0.25) is 14.5 Å². The van der Waals surface area contributed by atoms with Gasteiger partial charge in [0.05, 0.1) is 12.7 Å². The van der Waals surface area contributed by atoms with Crippen LogP contribution in [0.2, 0.25) is 0 Å². The Kier molecular flexibility index (Phi) is 4.98. The van der Waals surface area contributed by atoms with Crippen molar-refractivity contribution in [2.24, 2.45) is 0 Å². The number of aromatic nitrogens is 1. The van der Waals surface area contributed by atoms with Gasteiger partial charge in [-0.1, -0.05) is 30.3 Å². The molecule has 0 saturated carbocycles. The number of hydrogen-bond donors (Lipinski definition) is 1. The third-order valence-corrected chi connectivity index (χ3v) is 6.22. The van der Waals surface area contributed by atoms with Gasteiger partial charge in [-0.05, 0) is 48.6 Å². The summed E-state index contributed by atoms with van der Waals surface area (Å²) in [5.74, 6) is 0.328. The van der Waals surface area contributed by atoms with Crippen molar-refractivity contribution in [3.05, 3.63) is 71.6 Å². The highest BCUT2D eigenvalue weighted by atomic mass is 16.5. The predicted molar refractivity (Wildman–Crippen MR) is 119 cm³/mol. The molecular weight excluding hydrogens is 390 g/mol. The van der Waals surface area contributed by atoms with Crippen LogP contribution < -0.4 is 4.74 Å². The fourth-order valence-electron chi connectivity index (χ4n) is 4.59. The first-order valence-electron chi connectivity index (χ1n) is 10.7. The summed E-state index contributed by atoms with van der Waals surface area (Å²) in [6.07, 6.45) is 4.66. The van der Waals surface area contributed by atoms with Gasteiger partial charge in [0.25, 0.3) is 11.8 Å². The number of rotatable bonds is 6. The van der Waals surface area contributed by atoms with Gasteiger partial charge in [0.15, 0.2) is 0 Å². The molecule has 158 valence electrons. The number of likely N-dealkylation sites (tertiary alicyclic amines) is 1. The van der Waals surface area contributed by atoms with Crippen LogP contribution in [0, 0.1) is 0 Å². The predicted octanol–water partition coefficient (Wildman–Crippen LogP) is 3.59. The number of imide groups is 1. The van der Waals surface area contributed by atoms with Gasteiger partial charge in [-0.15, -0.1) is 0 Å². The first-order chi connectivity index (χ1) is 15.2. The quantitative estimate of drug-likeness (QED) is 0.625. The molecule has 0 unspecified atom stereocenters. The normalized spacial score (nSPS) is 16.8. The first kappa shape index (κ1) is 19.4. The molecule has 6 nitrogen and oxygen atoms in total. The number of para-hydroxylation sites is 1. The van der Waals surface area contributed by atoms with Gasteiger partial charge >= 0.3 is 0 Å². The molecule has 1 fully saturated rings. The van der Waals surface area contributed by atoms with E-state index in [1.807, 2.05) is 48.7 Å².